The Kier molecular flexibility index (Phi) is 6.43. The molecule has 0 unspecified atom stereocenters. The van der Waals surface area contributed by atoms with E-state index in [0.29, 0.717) is 6.54 Å². The predicted octanol–water partition coefficient (Wildman–Crippen LogP) is 3.85. The molecular formula is C12H17Cl2NO2S. The maximum Gasteiger partial charge on any atom is 0.242 e. The number of hydrogen-bond donors (Lipinski definition) is 1. The zero-order chi connectivity index (χ0) is 13.6. The molecular weight excluding hydrogens is 293 g/mol. The van der Waals surface area contributed by atoms with Crippen LogP contribution < -0.4 is 4.72 Å². The maximum absolute atomic E-state index is 12.0. The van der Waals surface area contributed by atoms with Crippen LogP contribution >= 0.6 is 23.2 Å². The molecule has 0 aliphatic rings. The highest BCUT2D eigenvalue weighted by Crippen LogP contribution is 2.28. The summed E-state index contributed by atoms with van der Waals surface area (Å²) in [5, 5.41) is 0.311. The molecule has 0 saturated heterocycles. The van der Waals surface area contributed by atoms with E-state index in [1.54, 1.807) is 12.1 Å². The monoisotopic (exact) mass is 309 g/mol. The van der Waals surface area contributed by atoms with E-state index in [1.807, 2.05) is 0 Å². The summed E-state index contributed by atoms with van der Waals surface area (Å²) in [6, 6.07) is 4.58. The van der Waals surface area contributed by atoms with Crippen molar-refractivity contribution < 1.29 is 8.42 Å². The van der Waals surface area contributed by atoms with Gasteiger partial charge in [0, 0.05) is 6.54 Å². The van der Waals surface area contributed by atoms with Crippen LogP contribution in [0.4, 0.5) is 0 Å². The van der Waals surface area contributed by atoms with Crippen molar-refractivity contribution in [2.24, 2.45) is 0 Å². The van der Waals surface area contributed by atoms with Gasteiger partial charge in [-0.15, -0.1) is 0 Å². The smallest absolute Gasteiger partial charge is 0.211 e. The lowest BCUT2D eigenvalue weighted by atomic mass is 10.2. The van der Waals surface area contributed by atoms with Crippen molar-refractivity contribution in [1.29, 1.82) is 0 Å². The lowest BCUT2D eigenvalue weighted by Gasteiger charge is -2.08. The summed E-state index contributed by atoms with van der Waals surface area (Å²) in [7, 11) is -3.57. The number of nitrogens with one attached hydrogen (secondary N) is 1. The number of halogens is 2. The van der Waals surface area contributed by atoms with Crippen molar-refractivity contribution in [3.05, 3.63) is 28.2 Å². The van der Waals surface area contributed by atoms with Gasteiger partial charge in [0.15, 0.2) is 0 Å². The summed E-state index contributed by atoms with van der Waals surface area (Å²) in [5.41, 5.74) is 0. The minimum atomic E-state index is -3.57. The molecule has 0 aromatic heterocycles. The first-order valence-corrected chi connectivity index (χ1v) is 8.16. The van der Waals surface area contributed by atoms with E-state index >= 15 is 0 Å². The van der Waals surface area contributed by atoms with Gasteiger partial charge in [-0.2, -0.15) is 0 Å². The highest BCUT2D eigenvalue weighted by molar-refractivity contribution is 7.89. The van der Waals surface area contributed by atoms with Crippen molar-refractivity contribution in [2.45, 2.75) is 37.5 Å². The van der Waals surface area contributed by atoms with Crippen LogP contribution in [0.2, 0.25) is 10.0 Å². The topological polar surface area (TPSA) is 46.2 Å². The molecule has 0 heterocycles. The fourth-order valence-electron chi connectivity index (χ4n) is 1.53. The highest BCUT2D eigenvalue weighted by atomic mass is 35.5. The average Bonchev–Trinajstić information content (AvgIpc) is 2.32. The van der Waals surface area contributed by atoms with Crippen LogP contribution in [0.1, 0.15) is 32.6 Å². The number of rotatable bonds is 7. The van der Waals surface area contributed by atoms with Crippen LogP contribution in [0.25, 0.3) is 0 Å². The van der Waals surface area contributed by atoms with E-state index in [-0.39, 0.29) is 14.9 Å². The van der Waals surface area contributed by atoms with Crippen molar-refractivity contribution in [3.63, 3.8) is 0 Å². The van der Waals surface area contributed by atoms with Crippen LogP contribution in [0.5, 0.6) is 0 Å². The summed E-state index contributed by atoms with van der Waals surface area (Å²) in [6.45, 7) is 2.53. The number of hydrogen-bond acceptors (Lipinski definition) is 2. The van der Waals surface area contributed by atoms with Crippen LogP contribution in [-0.2, 0) is 10.0 Å². The van der Waals surface area contributed by atoms with Gasteiger partial charge in [-0.25, -0.2) is 13.1 Å². The molecule has 1 aromatic carbocycles. The lowest BCUT2D eigenvalue weighted by molar-refractivity contribution is 0.573. The third-order valence-electron chi connectivity index (χ3n) is 2.53. The Morgan fingerprint density at radius 3 is 2.56 bits per heavy atom. The molecule has 0 fully saturated rings. The molecule has 18 heavy (non-hydrogen) atoms. The Morgan fingerprint density at radius 2 is 1.89 bits per heavy atom. The Hall–Kier alpha value is -0.290. The minimum Gasteiger partial charge on any atom is -0.211 e. The first-order valence-electron chi connectivity index (χ1n) is 5.92. The quantitative estimate of drug-likeness (QED) is 0.778. The van der Waals surface area contributed by atoms with Gasteiger partial charge < -0.3 is 0 Å². The summed E-state index contributed by atoms with van der Waals surface area (Å²) >= 11 is 11.7. The zero-order valence-corrected chi connectivity index (χ0v) is 12.6. The van der Waals surface area contributed by atoms with Crippen LogP contribution in [0, 0.1) is 0 Å². The van der Waals surface area contributed by atoms with Gasteiger partial charge in [-0.05, 0) is 18.6 Å². The van der Waals surface area contributed by atoms with Gasteiger partial charge >= 0.3 is 0 Å². The molecule has 0 spiro atoms. The second-order valence-corrected chi connectivity index (χ2v) is 6.53. The molecule has 0 aliphatic carbocycles. The van der Waals surface area contributed by atoms with Crippen LogP contribution in [-0.4, -0.2) is 15.0 Å². The molecule has 102 valence electrons. The largest absolute Gasteiger partial charge is 0.242 e. The summed E-state index contributed by atoms with van der Waals surface area (Å²) in [4.78, 5) is 0.0344. The highest BCUT2D eigenvalue weighted by Gasteiger charge is 2.18. The van der Waals surface area contributed by atoms with E-state index in [2.05, 4.69) is 11.6 Å². The number of sulfonamides is 1. The molecule has 0 atom stereocenters. The van der Waals surface area contributed by atoms with E-state index in [9.17, 15) is 8.42 Å². The standard InChI is InChI=1S/C12H17Cl2NO2S/c1-2-3-4-5-9-15-18(16,17)11-8-6-7-10(13)12(11)14/h6-8,15H,2-5,9H2,1H3. The van der Waals surface area contributed by atoms with E-state index < -0.39 is 10.0 Å². The second-order valence-electron chi connectivity index (χ2n) is 4.01. The first kappa shape index (κ1) is 15.8. The fraction of sp³-hybridized carbons (Fsp3) is 0.500. The van der Waals surface area contributed by atoms with Crippen molar-refractivity contribution in [3.8, 4) is 0 Å². The first-order chi connectivity index (χ1) is 8.49. The molecule has 0 amide bonds. The van der Waals surface area contributed by atoms with Gasteiger partial charge in [0.05, 0.1) is 10.0 Å². The molecule has 0 saturated carbocycles. The van der Waals surface area contributed by atoms with Crippen LogP contribution in [0.3, 0.4) is 0 Å². The van der Waals surface area contributed by atoms with Gasteiger partial charge in [-0.3, -0.25) is 0 Å². The Morgan fingerprint density at radius 1 is 1.17 bits per heavy atom. The molecule has 0 radical (unpaired) electrons. The minimum absolute atomic E-state index is 0.0344. The van der Waals surface area contributed by atoms with Crippen molar-refractivity contribution in [1.82, 2.24) is 4.72 Å². The van der Waals surface area contributed by atoms with Gasteiger partial charge in [0.25, 0.3) is 0 Å². The van der Waals surface area contributed by atoms with Gasteiger partial charge in [-0.1, -0.05) is 55.5 Å². The van der Waals surface area contributed by atoms with E-state index in [0.717, 1.165) is 25.7 Å². The van der Waals surface area contributed by atoms with Crippen molar-refractivity contribution in [2.75, 3.05) is 6.54 Å². The van der Waals surface area contributed by atoms with Gasteiger partial charge in [0.1, 0.15) is 4.90 Å². The number of unbranched alkanes of at least 4 members (excludes halogenated alkanes) is 3. The molecule has 1 N–H and O–H groups in total. The molecule has 1 rings (SSSR count). The predicted molar refractivity (Wildman–Crippen MR) is 75.8 cm³/mol. The molecule has 0 aliphatic heterocycles. The van der Waals surface area contributed by atoms with Crippen molar-refractivity contribution >= 4 is 33.2 Å². The Balaban J connectivity index is 2.66. The fourth-order valence-corrected chi connectivity index (χ4v) is 3.36. The summed E-state index contributed by atoms with van der Waals surface area (Å²) < 4.78 is 26.5. The molecule has 1 aromatic rings. The molecule has 0 bridgehead atoms. The molecule has 3 nitrogen and oxygen atoms in total. The van der Waals surface area contributed by atoms with Crippen LogP contribution in [0.15, 0.2) is 23.1 Å². The lowest BCUT2D eigenvalue weighted by Crippen LogP contribution is -2.25. The Labute approximate surface area is 119 Å². The maximum atomic E-state index is 12.0. The Bertz CT molecular complexity index is 489. The zero-order valence-electron chi connectivity index (χ0n) is 10.2. The normalized spacial score (nSPS) is 11.7. The SMILES string of the molecule is CCCCCCNS(=O)(=O)c1cccc(Cl)c1Cl. The second kappa shape index (κ2) is 7.34. The average molecular weight is 310 g/mol. The van der Waals surface area contributed by atoms with Gasteiger partial charge in [0.2, 0.25) is 10.0 Å². The van der Waals surface area contributed by atoms with E-state index in [1.165, 1.54) is 6.07 Å². The third kappa shape index (κ3) is 4.43. The van der Waals surface area contributed by atoms with E-state index in [4.69, 9.17) is 23.2 Å². The number of benzene rings is 1. The summed E-state index contributed by atoms with van der Waals surface area (Å²) in [5.74, 6) is 0. The summed E-state index contributed by atoms with van der Waals surface area (Å²) in [6.07, 6.45) is 4.07. The third-order valence-corrected chi connectivity index (χ3v) is 4.96. The molecule has 6 heteroatoms.